The number of ether oxygens (including phenoxy) is 2. The lowest BCUT2D eigenvalue weighted by atomic mass is 10.00. The Balaban J connectivity index is 1.93. The van der Waals surface area contributed by atoms with Crippen molar-refractivity contribution in [1.82, 2.24) is 4.40 Å². The quantitative estimate of drug-likeness (QED) is 0.312. The molecule has 0 N–H and O–H groups in total. The maximum absolute atomic E-state index is 13.6. The lowest BCUT2D eigenvalue weighted by molar-refractivity contribution is 0.400. The topological polar surface area (TPSA) is 39.9 Å². The van der Waals surface area contributed by atoms with Crippen LogP contribution in [-0.2, 0) is 0 Å². The molecule has 6 heteroatoms. The molecule has 5 aromatic rings. The zero-order valence-corrected chi connectivity index (χ0v) is 18.4. The molecule has 5 rings (SSSR count). The first-order chi connectivity index (χ1) is 15.0. The molecule has 4 nitrogen and oxygen atoms in total. The SMILES string of the molecule is COc1cc(OC)c2c(=O)c(-c3ccc(Br)cc3)cn3cc(-c4ccc(F)cc4)c1c23. The number of rotatable bonds is 4. The van der Waals surface area contributed by atoms with E-state index in [1.54, 1.807) is 25.3 Å². The van der Waals surface area contributed by atoms with Crippen LogP contribution in [0.1, 0.15) is 0 Å². The van der Waals surface area contributed by atoms with Gasteiger partial charge in [-0.15, -0.1) is 0 Å². The summed E-state index contributed by atoms with van der Waals surface area (Å²) < 4.78 is 27.6. The van der Waals surface area contributed by atoms with Crippen LogP contribution < -0.4 is 14.9 Å². The van der Waals surface area contributed by atoms with Crippen molar-refractivity contribution < 1.29 is 13.9 Å². The molecule has 3 aromatic carbocycles. The molecule has 0 fully saturated rings. The van der Waals surface area contributed by atoms with Crippen LogP contribution >= 0.6 is 15.9 Å². The van der Waals surface area contributed by atoms with E-state index in [9.17, 15) is 9.18 Å². The van der Waals surface area contributed by atoms with Crippen LogP contribution in [0, 0.1) is 5.82 Å². The standard InChI is InChI=1S/C25H17BrFNO3/c1-30-20-11-21(31-2)23-24-22(20)18(14-5-9-17(27)10-6-14)12-28(24)13-19(25(23)29)15-3-7-16(26)8-4-15/h3-13H,1-2H3. The average molecular weight is 478 g/mol. The lowest BCUT2D eigenvalue weighted by Crippen LogP contribution is -2.09. The van der Waals surface area contributed by atoms with E-state index in [-0.39, 0.29) is 11.2 Å². The Morgan fingerprint density at radius 3 is 2.00 bits per heavy atom. The fraction of sp³-hybridized carbons (Fsp3) is 0.0800. The molecule has 0 aliphatic carbocycles. The van der Waals surface area contributed by atoms with E-state index in [2.05, 4.69) is 15.9 Å². The van der Waals surface area contributed by atoms with Gasteiger partial charge in [0.1, 0.15) is 17.3 Å². The van der Waals surface area contributed by atoms with Crippen LogP contribution in [0.25, 0.3) is 38.5 Å². The number of hydrogen-bond acceptors (Lipinski definition) is 3. The van der Waals surface area contributed by atoms with Gasteiger partial charge in [-0.1, -0.05) is 40.2 Å². The average Bonchev–Trinajstić information content (AvgIpc) is 3.16. The van der Waals surface area contributed by atoms with Gasteiger partial charge in [0, 0.05) is 34.1 Å². The highest BCUT2D eigenvalue weighted by molar-refractivity contribution is 9.10. The number of nitrogens with zero attached hydrogens (tertiary/aromatic N) is 1. The van der Waals surface area contributed by atoms with Crippen LogP contribution in [0.4, 0.5) is 4.39 Å². The molecular formula is C25H17BrFNO3. The predicted octanol–water partition coefficient (Wildman–Crippen LogP) is 6.14. The minimum absolute atomic E-state index is 0.122. The first kappa shape index (κ1) is 19.6. The zero-order chi connectivity index (χ0) is 21.7. The second-order valence-electron chi connectivity index (χ2n) is 7.22. The molecule has 0 unspecified atom stereocenters. The molecule has 154 valence electrons. The summed E-state index contributed by atoms with van der Waals surface area (Å²) >= 11 is 3.44. The maximum Gasteiger partial charge on any atom is 0.200 e. The van der Waals surface area contributed by atoms with Crippen molar-refractivity contribution in [3.63, 3.8) is 0 Å². The van der Waals surface area contributed by atoms with Crippen molar-refractivity contribution in [3.05, 3.63) is 87.5 Å². The van der Waals surface area contributed by atoms with E-state index in [0.29, 0.717) is 28.0 Å². The molecule has 2 heterocycles. The first-order valence-corrected chi connectivity index (χ1v) is 10.4. The number of aromatic nitrogens is 1. The van der Waals surface area contributed by atoms with Crippen molar-refractivity contribution in [2.45, 2.75) is 0 Å². The summed E-state index contributed by atoms with van der Waals surface area (Å²) in [6, 6.07) is 15.6. The number of halogens is 2. The highest BCUT2D eigenvalue weighted by Crippen LogP contribution is 2.43. The Bertz CT molecular complexity index is 1470. The van der Waals surface area contributed by atoms with Gasteiger partial charge in [-0.2, -0.15) is 0 Å². The largest absolute Gasteiger partial charge is 0.496 e. The van der Waals surface area contributed by atoms with E-state index < -0.39 is 0 Å². The summed E-state index contributed by atoms with van der Waals surface area (Å²) in [5, 5.41) is 1.26. The van der Waals surface area contributed by atoms with Crippen LogP contribution in [0.5, 0.6) is 11.5 Å². The summed E-state index contributed by atoms with van der Waals surface area (Å²) in [7, 11) is 3.12. The number of pyridine rings is 1. The van der Waals surface area contributed by atoms with Gasteiger partial charge in [0.15, 0.2) is 0 Å². The third-order valence-electron chi connectivity index (χ3n) is 5.51. The summed E-state index contributed by atoms with van der Waals surface area (Å²) in [4.78, 5) is 13.6. The second-order valence-corrected chi connectivity index (χ2v) is 8.13. The monoisotopic (exact) mass is 477 g/mol. The Morgan fingerprint density at radius 1 is 0.806 bits per heavy atom. The summed E-state index contributed by atoms with van der Waals surface area (Å²) in [6.45, 7) is 0. The lowest BCUT2D eigenvalue weighted by Gasteiger charge is -2.12. The van der Waals surface area contributed by atoms with Gasteiger partial charge in [-0.25, -0.2) is 4.39 Å². The molecule has 0 aliphatic heterocycles. The fourth-order valence-corrected chi connectivity index (χ4v) is 4.33. The van der Waals surface area contributed by atoms with Gasteiger partial charge in [0.2, 0.25) is 5.43 Å². The minimum Gasteiger partial charge on any atom is -0.496 e. The van der Waals surface area contributed by atoms with Crippen molar-refractivity contribution in [1.29, 1.82) is 0 Å². The molecule has 0 aliphatic rings. The summed E-state index contributed by atoms with van der Waals surface area (Å²) in [5.74, 6) is 0.725. The predicted molar refractivity (Wildman–Crippen MR) is 124 cm³/mol. The minimum atomic E-state index is -0.307. The van der Waals surface area contributed by atoms with Gasteiger partial charge in [-0.3, -0.25) is 4.79 Å². The first-order valence-electron chi connectivity index (χ1n) is 9.59. The molecular weight excluding hydrogens is 461 g/mol. The normalized spacial score (nSPS) is 11.4. The molecule has 0 amide bonds. The third kappa shape index (κ3) is 3.06. The molecule has 31 heavy (non-hydrogen) atoms. The number of methoxy groups -OCH3 is 2. The van der Waals surface area contributed by atoms with Crippen LogP contribution in [-0.4, -0.2) is 18.6 Å². The maximum atomic E-state index is 13.6. The number of hydrogen-bond donors (Lipinski definition) is 0. The van der Waals surface area contributed by atoms with Crippen LogP contribution in [0.15, 0.2) is 76.3 Å². The third-order valence-corrected chi connectivity index (χ3v) is 6.04. The fourth-order valence-electron chi connectivity index (χ4n) is 4.07. The van der Waals surface area contributed by atoms with Crippen molar-refractivity contribution in [2.24, 2.45) is 0 Å². The van der Waals surface area contributed by atoms with Crippen LogP contribution in [0.2, 0.25) is 0 Å². The van der Waals surface area contributed by atoms with Gasteiger partial charge in [0.05, 0.1) is 30.5 Å². The summed E-state index contributed by atoms with van der Waals surface area (Å²) in [6.07, 6.45) is 3.77. The van der Waals surface area contributed by atoms with Crippen LogP contribution in [0.3, 0.4) is 0 Å². The molecule has 0 atom stereocenters. The van der Waals surface area contributed by atoms with E-state index >= 15 is 0 Å². The molecule has 0 saturated carbocycles. The molecule has 2 aromatic heterocycles. The molecule has 0 bridgehead atoms. The Labute approximate surface area is 185 Å². The van der Waals surface area contributed by atoms with Gasteiger partial charge < -0.3 is 13.9 Å². The molecule has 0 saturated heterocycles. The second kappa shape index (κ2) is 7.39. The smallest absolute Gasteiger partial charge is 0.200 e. The van der Waals surface area contributed by atoms with Crippen molar-refractivity contribution in [2.75, 3.05) is 14.2 Å². The van der Waals surface area contributed by atoms with Gasteiger partial charge in [0.25, 0.3) is 0 Å². The van der Waals surface area contributed by atoms with E-state index in [0.717, 1.165) is 26.5 Å². The van der Waals surface area contributed by atoms with E-state index in [1.165, 1.54) is 19.2 Å². The Hall–Kier alpha value is -3.38. The Kier molecular flexibility index (Phi) is 4.67. The Morgan fingerprint density at radius 2 is 1.35 bits per heavy atom. The van der Waals surface area contributed by atoms with E-state index in [4.69, 9.17) is 9.47 Å². The van der Waals surface area contributed by atoms with Crippen molar-refractivity contribution in [3.8, 4) is 33.8 Å². The van der Waals surface area contributed by atoms with Crippen molar-refractivity contribution >= 4 is 32.2 Å². The van der Waals surface area contributed by atoms with Gasteiger partial charge in [-0.05, 0) is 35.4 Å². The van der Waals surface area contributed by atoms with Gasteiger partial charge >= 0.3 is 0 Å². The highest BCUT2D eigenvalue weighted by atomic mass is 79.9. The van der Waals surface area contributed by atoms with E-state index in [1.807, 2.05) is 41.1 Å². The zero-order valence-electron chi connectivity index (χ0n) is 16.8. The number of benzene rings is 3. The molecule has 0 spiro atoms. The summed E-state index contributed by atoms with van der Waals surface area (Å²) in [5.41, 5.74) is 3.63. The highest BCUT2D eigenvalue weighted by Gasteiger charge is 2.23. The molecule has 0 radical (unpaired) electrons.